The Balaban J connectivity index is 1.92. The van der Waals surface area contributed by atoms with Crippen molar-refractivity contribution in [1.29, 1.82) is 0 Å². The maximum absolute atomic E-state index is 4.28. The third-order valence-electron chi connectivity index (χ3n) is 3.28. The number of rotatable bonds is 4. The van der Waals surface area contributed by atoms with Gasteiger partial charge in [0.25, 0.3) is 0 Å². The Labute approximate surface area is 101 Å². The van der Waals surface area contributed by atoms with E-state index in [4.69, 9.17) is 0 Å². The Kier molecular flexibility index (Phi) is 4.18. The first-order valence-corrected chi connectivity index (χ1v) is 6.85. The van der Waals surface area contributed by atoms with Crippen molar-refractivity contribution in [3.05, 3.63) is 18.6 Å². The van der Waals surface area contributed by atoms with Crippen LogP contribution in [0, 0.1) is 5.92 Å². The standard InChI is InChI=1S/C12H19N3S/c1-3-14-10-4-5-11(9(10)2)16-12-6-7-13-8-15-12/h6-11,14H,3-5H2,1-2H3. The molecule has 1 N–H and O–H groups in total. The van der Waals surface area contributed by atoms with Crippen LogP contribution < -0.4 is 5.32 Å². The predicted molar refractivity (Wildman–Crippen MR) is 67.5 cm³/mol. The van der Waals surface area contributed by atoms with Crippen LogP contribution in [-0.2, 0) is 0 Å². The van der Waals surface area contributed by atoms with Crippen LogP contribution in [-0.4, -0.2) is 27.8 Å². The monoisotopic (exact) mass is 237 g/mol. The van der Waals surface area contributed by atoms with Crippen LogP contribution in [0.25, 0.3) is 0 Å². The molecule has 1 heterocycles. The Bertz CT molecular complexity index is 317. The van der Waals surface area contributed by atoms with Gasteiger partial charge in [0.15, 0.2) is 0 Å². The summed E-state index contributed by atoms with van der Waals surface area (Å²) >= 11 is 1.90. The molecule has 88 valence electrons. The van der Waals surface area contributed by atoms with Gasteiger partial charge in [0.2, 0.25) is 0 Å². The second-order valence-corrected chi connectivity index (χ2v) is 5.56. The molecule has 0 radical (unpaired) electrons. The average molecular weight is 237 g/mol. The Hall–Kier alpha value is -0.610. The fraction of sp³-hybridized carbons (Fsp3) is 0.667. The maximum atomic E-state index is 4.28. The van der Waals surface area contributed by atoms with Gasteiger partial charge in [-0.3, -0.25) is 0 Å². The molecule has 4 heteroatoms. The molecule has 0 aliphatic heterocycles. The summed E-state index contributed by atoms with van der Waals surface area (Å²) in [6, 6.07) is 2.68. The van der Waals surface area contributed by atoms with Crippen LogP contribution in [0.1, 0.15) is 26.7 Å². The molecule has 0 bridgehead atoms. The number of nitrogens with zero attached hydrogens (tertiary/aromatic N) is 2. The van der Waals surface area contributed by atoms with Crippen LogP contribution in [0.5, 0.6) is 0 Å². The van der Waals surface area contributed by atoms with Gasteiger partial charge < -0.3 is 5.32 Å². The smallest absolute Gasteiger partial charge is 0.116 e. The zero-order valence-electron chi connectivity index (χ0n) is 9.89. The Morgan fingerprint density at radius 1 is 1.50 bits per heavy atom. The molecule has 2 rings (SSSR count). The van der Waals surface area contributed by atoms with E-state index >= 15 is 0 Å². The van der Waals surface area contributed by atoms with E-state index in [0.717, 1.165) is 17.5 Å². The van der Waals surface area contributed by atoms with Gasteiger partial charge in [0.05, 0.1) is 5.03 Å². The van der Waals surface area contributed by atoms with Crippen LogP contribution in [0.4, 0.5) is 0 Å². The van der Waals surface area contributed by atoms with Gasteiger partial charge in [-0.15, -0.1) is 11.8 Å². The van der Waals surface area contributed by atoms with Crippen molar-refractivity contribution in [3.8, 4) is 0 Å². The van der Waals surface area contributed by atoms with E-state index in [9.17, 15) is 0 Å². The van der Waals surface area contributed by atoms with Gasteiger partial charge in [0, 0.05) is 17.5 Å². The minimum atomic E-state index is 0.685. The van der Waals surface area contributed by atoms with Gasteiger partial charge in [-0.25, -0.2) is 9.97 Å². The third-order valence-corrected chi connectivity index (χ3v) is 4.73. The fourth-order valence-electron chi connectivity index (χ4n) is 2.35. The van der Waals surface area contributed by atoms with E-state index in [-0.39, 0.29) is 0 Å². The van der Waals surface area contributed by atoms with Crippen molar-refractivity contribution in [3.63, 3.8) is 0 Å². The minimum Gasteiger partial charge on any atom is -0.314 e. The van der Waals surface area contributed by atoms with Crippen LogP contribution >= 0.6 is 11.8 Å². The third kappa shape index (κ3) is 2.74. The van der Waals surface area contributed by atoms with Crippen LogP contribution in [0.3, 0.4) is 0 Å². The lowest BCUT2D eigenvalue weighted by molar-refractivity contribution is 0.441. The van der Waals surface area contributed by atoms with Gasteiger partial charge in [-0.2, -0.15) is 0 Å². The van der Waals surface area contributed by atoms with E-state index < -0.39 is 0 Å². The molecule has 1 aliphatic rings. The molecular formula is C12H19N3S. The normalized spacial score (nSPS) is 29.5. The molecule has 1 fully saturated rings. The molecule has 1 aliphatic carbocycles. The predicted octanol–water partition coefficient (Wildman–Crippen LogP) is 2.35. The topological polar surface area (TPSA) is 37.8 Å². The highest BCUT2D eigenvalue weighted by atomic mass is 32.2. The van der Waals surface area contributed by atoms with Crippen molar-refractivity contribution in [2.24, 2.45) is 5.92 Å². The van der Waals surface area contributed by atoms with Crippen molar-refractivity contribution in [2.75, 3.05) is 6.54 Å². The van der Waals surface area contributed by atoms with Gasteiger partial charge in [0.1, 0.15) is 6.33 Å². The summed E-state index contributed by atoms with van der Waals surface area (Å²) in [4.78, 5) is 8.23. The molecule has 0 spiro atoms. The molecule has 3 nitrogen and oxygen atoms in total. The Morgan fingerprint density at radius 2 is 2.38 bits per heavy atom. The first kappa shape index (κ1) is 11.9. The summed E-state index contributed by atoms with van der Waals surface area (Å²) in [6.45, 7) is 5.59. The maximum Gasteiger partial charge on any atom is 0.116 e. The molecule has 1 aromatic heterocycles. The molecule has 0 aromatic carbocycles. The second kappa shape index (κ2) is 5.64. The zero-order chi connectivity index (χ0) is 11.4. The van der Waals surface area contributed by atoms with E-state index in [1.54, 1.807) is 6.33 Å². The molecule has 16 heavy (non-hydrogen) atoms. The summed E-state index contributed by atoms with van der Waals surface area (Å²) < 4.78 is 0. The van der Waals surface area contributed by atoms with Crippen LogP contribution in [0.15, 0.2) is 23.6 Å². The summed E-state index contributed by atoms with van der Waals surface area (Å²) in [5.74, 6) is 0.722. The summed E-state index contributed by atoms with van der Waals surface area (Å²) in [5.41, 5.74) is 0. The van der Waals surface area contributed by atoms with Crippen molar-refractivity contribution >= 4 is 11.8 Å². The lowest BCUT2D eigenvalue weighted by atomic mass is 10.1. The fourth-order valence-corrected chi connectivity index (χ4v) is 3.56. The van der Waals surface area contributed by atoms with E-state index in [1.807, 2.05) is 24.0 Å². The van der Waals surface area contributed by atoms with Crippen molar-refractivity contribution in [1.82, 2.24) is 15.3 Å². The highest BCUT2D eigenvalue weighted by Gasteiger charge is 2.32. The summed E-state index contributed by atoms with van der Waals surface area (Å²) in [7, 11) is 0. The molecular weight excluding hydrogens is 218 g/mol. The van der Waals surface area contributed by atoms with Crippen molar-refractivity contribution in [2.45, 2.75) is 43.0 Å². The average Bonchev–Trinajstić information content (AvgIpc) is 2.64. The lowest BCUT2D eigenvalue weighted by Gasteiger charge is -2.20. The molecule has 3 atom stereocenters. The van der Waals surface area contributed by atoms with E-state index in [0.29, 0.717) is 11.3 Å². The van der Waals surface area contributed by atoms with E-state index in [1.165, 1.54) is 12.8 Å². The number of nitrogens with one attached hydrogen (secondary N) is 1. The number of hydrogen-bond acceptors (Lipinski definition) is 4. The highest BCUT2D eigenvalue weighted by Crippen LogP contribution is 2.37. The first-order valence-electron chi connectivity index (χ1n) is 5.97. The summed E-state index contributed by atoms with van der Waals surface area (Å²) in [5, 5.41) is 5.36. The van der Waals surface area contributed by atoms with Crippen LogP contribution in [0.2, 0.25) is 0 Å². The van der Waals surface area contributed by atoms with Gasteiger partial charge >= 0.3 is 0 Å². The van der Waals surface area contributed by atoms with Crippen molar-refractivity contribution < 1.29 is 0 Å². The SMILES string of the molecule is CCNC1CCC(Sc2ccncn2)C1C. The first-order chi connectivity index (χ1) is 7.81. The molecule has 3 unspecified atom stereocenters. The molecule has 1 aromatic rings. The van der Waals surface area contributed by atoms with Gasteiger partial charge in [-0.1, -0.05) is 13.8 Å². The minimum absolute atomic E-state index is 0.685. The quantitative estimate of drug-likeness (QED) is 0.816. The molecule has 0 amide bonds. The number of aromatic nitrogens is 2. The lowest BCUT2D eigenvalue weighted by Crippen LogP contribution is -2.33. The largest absolute Gasteiger partial charge is 0.314 e. The Morgan fingerprint density at radius 3 is 3.06 bits per heavy atom. The number of hydrogen-bond donors (Lipinski definition) is 1. The zero-order valence-corrected chi connectivity index (χ0v) is 10.7. The van der Waals surface area contributed by atoms with Gasteiger partial charge in [-0.05, 0) is 31.4 Å². The van der Waals surface area contributed by atoms with E-state index in [2.05, 4.69) is 29.1 Å². The second-order valence-electron chi connectivity index (χ2n) is 4.30. The molecule has 1 saturated carbocycles. The highest BCUT2D eigenvalue weighted by molar-refractivity contribution is 7.99. The number of thioether (sulfide) groups is 1. The summed E-state index contributed by atoms with van der Waals surface area (Å²) in [6.07, 6.45) is 6.02. The molecule has 0 saturated heterocycles.